The van der Waals surface area contributed by atoms with E-state index in [0.717, 1.165) is 30.6 Å². The van der Waals surface area contributed by atoms with Crippen LogP contribution in [0, 0.1) is 0 Å². The summed E-state index contributed by atoms with van der Waals surface area (Å²) in [4.78, 5) is 13.4. The van der Waals surface area contributed by atoms with E-state index in [1.165, 1.54) is 4.31 Å². The van der Waals surface area contributed by atoms with Crippen molar-refractivity contribution in [2.45, 2.75) is 31.8 Å². The zero-order chi connectivity index (χ0) is 14.6. The van der Waals surface area contributed by atoms with Crippen molar-refractivity contribution in [3.8, 4) is 0 Å². The maximum Gasteiger partial charge on any atom is 0.304 e. The molecule has 0 radical (unpaired) electrons. The summed E-state index contributed by atoms with van der Waals surface area (Å²) in [7, 11) is -1.70. The highest BCUT2D eigenvalue weighted by Gasteiger charge is 2.31. The molecule has 0 saturated carbocycles. The first-order valence-corrected chi connectivity index (χ1v) is 8.92. The summed E-state index contributed by atoms with van der Waals surface area (Å²) in [6.45, 7) is 1.31. The van der Waals surface area contributed by atoms with Gasteiger partial charge in [0, 0.05) is 30.2 Å². The molecule has 1 aliphatic rings. The molecule has 2 heterocycles. The molecule has 9 heteroatoms. The highest BCUT2D eigenvalue weighted by molar-refractivity contribution is 7.87. The Morgan fingerprint density at radius 2 is 2.30 bits per heavy atom. The Balaban J connectivity index is 2.02. The van der Waals surface area contributed by atoms with Gasteiger partial charge in [0.2, 0.25) is 0 Å². The Kier molecular flexibility index (Phi) is 5.33. The summed E-state index contributed by atoms with van der Waals surface area (Å²) in [6.07, 6.45) is 2.81. The first-order valence-electron chi connectivity index (χ1n) is 6.60. The van der Waals surface area contributed by atoms with Gasteiger partial charge in [-0.3, -0.25) is 4.79 Å². The summed E-state index contributed by atoms with van der Waals surface area (Å²) in [5.74, 6) is 0. The third-order valence-electron chi connectivity index (χ3n) is 3.34. The predicted molar refractivity (Wildman–Crippen MR) is 79.0 cm³/mol. The van der Waals surface area contributed by atoms with Gasteiger partial charge in [0.15, 0.2) is 0 Å². The molecule has 1 atom stereocenters. The molecule has 3 N–H and O–H groups in total. The largest absolute Gasteiger partial charge is 0.318 e. The smallest absolute Gasteiger partial charge is 0.304 e. The lowest BCUT2D eigenvalue weighted by Gasteiger charge is -2.34. The highest BCUT2D eigenvalue weighted by atomic mass is 32.2. The van der Waals surface area contributed by atoms with Gasteiger partial charge >= 0.3 is 4.87 Å². The van der Waals surface area contributed by atoms with E-state index in [0.29, 0.717) is 18.8 Å². The highest BCUT2D eigenvalue weighted by Crippen LogP contribution is 2.19. The molecule has 0 spiro atoms. The number of thiazole rings is 1. The zero-order valence-corrected chi connectivity index (χ0v) is 13.0. The van der Waals surface area contributed by atoms with E-state index in [-0.39, 0.29) is 17.5 Å². The molecule has 1 aromatic heterocycles. The second kappa shape index (κ2) is 6.81. The number of likely N-dealkylation sites (N-methyl/N-ethyl adjacent to an activating group) is 1. The van der Waals surface area contributed by atoms with Crippen LogP contribution in [0.15, 0.2) is 10.2 Å². The predicted octanol–water partition coefficient (Wildman–Crippen LogP) is -0.155. The Labute approximate surface area is 122 Å². The number of nitrogens with one attached hydrogen (secondary N) is 3. The van der Waals surface area contributed by atoms with Crippen LogP contribution in [0.4, 0.5) is 0 Å². The molecule has 1 unspecified atom stereocenters. The van der Waals surface area contributed by atoms with Gasteiger partial charge < -0.3 is 10.3 Å². The maximum absolute atomic E-state index is 12.3. The van der Waals surface area contributed by atoms with Gasteiger partial charge in [-0.05, 0) is 19.9 Å². The van der Waals surface area contributed by atoms with Crippen molar-refractivity contribution in [3.63, 3.8) is 0 Å². The molecule has 0 amide bonds. The van der Waals surface area contributed by atoms with Gasteiger partial charge in [-0.2, -0.15) is 17.4 Å². The van der Waals surface area contributed by atoms with Gasteiger partial charge in [0.05, 0.1) is 6.54 Å². The Morgan fingerprint density at radius 1 is 1.50 bits per heavy atom. The first-order chi connectivity index (χ1) is 9.53. The molecule has 0 bridgehead atoms. The van der Waals surface area contributed by atoms with E-state index >= 15 is 0 Å². The third kappa shape index (κ3) is 3.89. The van der Waals surface area contributed by atoms with Crippen molar-refractivity contribution in [2.75, 3.05) is 20.1 Å². The van der Waals surface area contributed by atoms with Crippen LogP contribution in [0.1, 0.15) is 25.0 Å². The summed E-state index contributed by atoms with van der Waals surface area (Å²) in [5.41, 5.74) is 0.589. The van der Waals surface area contributed by atoms with Gasteiger partial charge in [-0.15, -0.1) is 0 Å². The Hall–Kier alpha value is -0.740. The van der Waals surface area contributed by atoms with Crippen molar-refractivity contribution in [1.82, 2.24) is 19.3 Å². The van der Waals surface area contributed by atoms with E-state index in [9.17, 15) is 13.2 Å². The number of hydrogen-bond donors (Lipinski definition) is 3. The Morgan fingerprint density at radius 3 is 2.95 bits per heavy atom. The monoisotopic (exact) mass is 320 g/mol. The second-order valence-corrected chi connectivity index (χ2v) is 7.37. The quantitative estimate of drug-likeness (QED) is 0.679. The number of H-pyrrole nitrogens is 1. The van der Waals surface area contributed by atoms with Crippen LogP contribution in [-0.4, -0.2) is 43.9 Å². The molecular formula is C11H20N4O3S2. The summed E-state index contributed by atoms with van der Waals surface area (Å²) in [5, 5.41) is 4.67. The zero-order valence-electron chi connectivity index (χ0n) is 11.4. The fourth-order valence-corrected chi connectivity index (χ4v) is 4.41. The molecule has 7 nitrogen and oxygen atoms in total. The first kappa shape index (κ1) is 15.6. The molecular weight excluding hydrogens is 300 g/mol. The number of piperidine rings is 1. The van der Waals surface area contributed by atoms with Gasteiger partial charge in [0.1, 0.15) is 0 Å². The van der Waals surface area contributed by atoms with Crippen molar-refractivity contribution >= 4 is 21.5 Å². The standard InChI is InChI=1S/C11H20N4O3S2/c1-12-7-10-4-2-3-5-15(10)20(17,18)13-6-9-8-19-11(16)14-9/h8,10,12-13H,2-7H2,1H3,(H,14,16). The number of nitrogens with zero attached hydrogens (tertiary/aromatic N) is 1. The second-order valence-electron chi connectivity index (χ2n) is 4.82. The van der Waals surface area contributed by atoms with Gasteiger partial charge in [-0.1, -0.05) is 17.8 Å². The van der Waals surface area contributed by atoms with Crippen LogP contribution in [0.2, 0.25) is 0 Å². The molecule has 1 fully saturated rings. The third-order valence-corrected chi connectivity index (χ3v) is 5.66. The van der Waals surface area contributed by atoms with Crippen molar-refractivity contribution in [2.24, 2.45) is 0 Å². The SMILES string of the molecule is CNCC1CCCCN1S(=O)(=O)NCc1csc(=O)[nH]1. The molecule has 1 saturated heterocycles. The maximum atomic E-state index is 12.3. The van der Waals surface area contributed by atoms with Crippen molar-refractivity contribution in [3.05, 3.63) is 20.7 Å². The lowest BCUT2D eigenvalue weighted by Crippen LogP contribution is -2.51. The molecule has 0 aliphatic carbocycles. The summed E-state index contributed by atoms with van der Waals surface area (Å²) >= 11 is 1.03. The van der Waals surface area contributed by atoms with Crippen LogP contribution < -0.4 is 14.9 Å². The van der Waals surface area contributed by atoms with Crippen LogP contribution in [0.5, 0.6) is 0 Å². The minimum absolute atomic E-state index is 0.00669. The van der Waals surface area contributed by atoms with Crippen molar-refractivity contribution in [1.29, 1.82) is 0 Å². The number of hydrogen-bond acceptors (Lipinski definition) is 5. The molecule has 1 aromatic rings. The average molecular weight is 320 g/mol. The van der Waals surface area contributed by atoms with Crippen LogP contribution in [0.25, 0.3) is 0 Å². The van der Waals surface area contributed by atoms with Crippen LogP contribution >= 0.6 is 11.3 Å². The molecule has 114 valence electrons. The fourth-order valence-electron chi connectivity index (χ4n) is 2.38. The van der Waals surface area contributed by atoms with E-state index in [1.54, 1.807) is 5.38 Å². The number of rotatable bonds is 6. The average Bonchev–Trinajstić information content (AvgIpc) is 2.83. The van der Waals surface area contributed by atoms with Gasteiger partial charge in [-0.25, -0.2) is 0 Å². The summed E-state index contributed by atoms with van der Waals surface area (Å²) < 4.78 is 28.8. The normalized spacial score (nSPS) is 21.1. The number of aromatic amines is 1. The fraction of sp³-hybridized carbons (Fsp3) is 0.727. The van der Waals surface area contributed by atoms with Crippen LogP contribution in [0.3, 0.4) is 0 Å². The topological polar surface area (TPSA) is 94.3 Å². The Bertz CT molecular complexity index is 578. The van der Waals surface area contributed by atoms with E-state index < -0.39 is 10.2 Å². The summed E-state index contributed by atoms with van der Waals surface area (Å²) in [6, 6.07) is -0.00669. The lowest BCUT2D eigenvalue weighted by atomic mass is 10.1. The molecule has 1 aliphatic heterocycles. The van der Waals surface area contributed by atoms with E-state index in [4.69, 9.17) is 0 Å². The van der Waals surface area contributed by atoms with Gasteiger partial charge in [0.25, 0.3) is 10.2 Å². The lowest BCUT2D eigenvalue weighted by molar-refractivity contribution is 0.246. The molecule has 20 heavy (non-hydrogen) atoms. The van der Waals surface area contributed by atoms with Crippen molar-refractivity contribution < 1.29 is 8.42 Å². The molecule has 2 rings (SSSR count). The number of aromatic nitrogens is 1. The molecule has 0 aromatic carbocycles. The minimum Gasteiger partial charge on any atom is -0.318 e. The van der Waals surface area contributed by atoms with E-state index in [1.807, 2.05) is 7.05 Å². The van der Waals surface area contributed by atoms with Crippen LogP contribution in [-0.2, 0) is 16.8 Å². The minimum atomic E-state index is -3.52. The van der Waals surface area contributed by atoms with E-state index in [2.05, 4.69) is 15.0 Å².